The largest absolute Gasteiger partial charge is 0.485 e. The number of carbonyl (C=O) groups is 2. The van der Waals surface area contributed by atoms with Crippen LogP contribution in [0.25, 0.3) is 0 Å². The van der Waals surface area contributed by atoms with E-state index in [0.29, 0.717) is 44.2 Å². The summed E-state index contributed by atoms with van der Waals surface area (Å²) in [4.78, 5) is 28.0. The third kappa shape index (κ3) is 3.55. The van der Waals surface area contributed by atoms with Gasteiger partial charge in [0.05, 0.1) is 0 Å². The maximum atomic E-state index is 12.6. The summed E-state index contributed by atoms with van der Waals surface area (Å²) in [5, 5.41) is 2.86. The highest BCUT2D eigenvalue weighted by Gasteiger charge is 2.33. The Morgan fingerprint density at radius 1 is 1.12 bits per heavy atom. The third-order valence-electron chi connectivity index (χ3n) is 4.19. The Bertz CT molecular complexity index is 599. The van der Waals surface area contributed by atoms with Crippen molar-refractivity contribution >= 4 is 11.9 Å². The van der Waals surface area contributed by atoms with Crippen molar-refractivity contribution in [2.45, 2.75) is 19.4 Å². The number of carbonyl (C=O) groups excluding carboxylic acids is 2. The lowest BCUT2D eigenvalue weighted by molar-refractivity contribution is -0.142. The molecular formula is C17H23N3O4. The second-order valence-corrected chi connectivity index (χ2v) is 5.91. The predicted molar refractivity (Wildman–Crippen MR) is 88.2 cm³/mol. The predicted octanol–water partition coefficient (Wildman–Crippen LogP) is 1.09. The Morgan fingerprint density at radius 3 is 2.50 bits per heavy atom. The second-order valence-electron chi connectivity index (χ2n) is 5.91. The van der Waals surface area contributed by atoms with Gasteiger partial charge in [0.2, 0.25) is 6.10 Å². The number of benzene rings is 1. The number of ether oxygens (including phenoxy) is 2. The number of para-hydroxylation sites is 2. The Balaban J connectivity index is 1.52. The number of rotatable bonds is 3. The number of piperazine rings is 1. The maximum Gasteiger partial charge on any atom is 0.317 e. The first-order valence-corrected chi connectivity index (χ1v) is 8.39. The summed E-state index contributed by atoms with van der Waals surface area (Å²) in [6.45, 7) is 5.00. The fourth-order valence-corrected chi connectivity index (χ4v) is 2.82. The number of hydrogen-bond acceptors (Lipinski definition) is 4. The second kappa shape index (κ2) is 7.42. The molecule has 24 heavy (non-hydrogen) atoms. The molecule has 0 bridgehead atoms. The van der Waals surface area contributed by atoms with Crippen LogP contribution in [-0.2, 0) is 4.79 Å². The summed E-state index contributed by atoms with van der Waals surface area (Å²) in [7, 11) is 0. The van der Waals surface area contributed by atoms with Crippen LogP contribution in [0.1, 0.15) is 13.3 Å². The minimum Gasteiger partial charge on any atom is -0.485 e. The molecule has 2 aliphatic heterocycles. The molecule has 0 aromatic heterocycles. The Kier molecular flexibility index (Phi) is 5.08. The van der Waals surface area contributed by atoms with Crippen LogP contribution in [0.3, 0.4) is 0 Å². The van der Waals surface area contributed by atoms with Crippen LogP contribution in [0.5, 0.6) is 11.5 Å². The zero-order chi connectivity index (χ0) is 16.9. The lowest BCUT2D eigenvalue weighted by Gasteiger charge is -2.37. The van der Waals surface area contributed by atoms with Gasteiger partial charge >= 0.3 is 6.03 Å². The first-order chi connectivity index (χ1) is 11.7. The smallest absolute Gasteiger partial charge is 0.317 e. The normalized spacial score (nSPS) is 19.8. The van der Waals surface area contributed by atoms with Crippen molar-refractivity contribution in [3.63, 3.8) is 0 Å². The van der Waals surface area contributed by atoms with Crippen molar-refractivity contribution in [1.29, 1.82) is 0 Å². The van der Waals surface area contributed by atoms with E-state index in [-0.39, 0.29) is 18.5 Å². The molecule has 1 N–H and O–H groups in total. The topological polar surface area (TPSA) is 71.1 Å². The van der Waals surface area contributed by atoms with Crippen LogP contribution >= 0.6 is 0 Å². The van der Waals surface area contributed by atoms with Gasteiger partial charge < -0.3 is 24.6 Å². The Morgan fingerprint density at radius 2 is 1.79 bits per heavy atom. The summed E-state index contributed by atoms with van der Waals surface area (Å²) >= 11 is 0. The van der Waals surface area contributed by atoms with Gasteiger partial charge in [0.15, 0.2) is 11.5 Å². The summed E-state index contributed by atoms with van der Waals surface area (Å²) < 4.78 is 11.4. The summed E-state index contributed by atoms with van der Waals surface area (Å²) in [5.74, 6) is 1.18. The minimum atomic E-state index is -0.625. The van der Waals surface area contributed by atoms with Crippen molar-refractivity contribution in [3.05, 3.63) is 24.3 Å². The van der Waals surface area contributed by atoms with Gasteiger partial charge in [-0.25, -0.2) is 4.79 Å². The number of amides is 3. The molecular weight excluding hydrogens is 310 g/mol. The molecule has 1 atom stereocenters. The Labute approximate surface area is 141 Å². The van der Waals surface area contributed by atoms with Crippen molar-refractivity contribution < 1.29 is 19.1 Å². The van der Waals surface area contributed by atoms with Gasteiger partial charge in [-0.2, -0.15) is 0 Å². The standard InChI is InChI=1S/C17H23N3O4/c1-2-7-18-17(22)20-10-8-19(9-11-20)16(21)15-12-23-13-5-3-4-6-14(13)24-15/h3-6,15H,2,7-12H2,1H3,(H,18,22). The highest BCUT2D eigenvalue weighted by Crippen LogP contribution is 2.31. The lowest BCUT2D eigenvalue weighted by atomic mass is 10.2. The van der Waals surface area contributed by atoms with Crippen LogP contribution in [0, 0.1) is 0 Å². The van der Waals surface area contributed by atoms with Crippen LogP contribution in [0.15, 0.2) is 24.3 Å². The number of urea groups is 1. The van der Waals surface area contributed by atoms with Crippen molar-refractivity contribution in [3.8, 4) is 11.5 Å². The fourth-order valence-electron chi connectivity index (χ4n) is 2.82. The van der Waals surface area contributed by atoms with Crippen molar-refractivity contribution in [1.82, 2.24) is 15.1 Å². The summed E-state index contributed by atoms with van der Waals surface area (Å²) in [5.41, 5.74) is 0. The van der Waals surface area contributed by atoms with E-state index in [2.05, 4.69) is 5.32 Å². The van der Waals surface area contributed by atoms with Gasteiger partial charge in [0.1, 0.15) is 6.61 Å². The quantitative estimate of drug-likeness (QED) is 0.899. The highest BCUT2D eigenvalue weighted by molar-refractivity contribution is 5.82. The molecule has 0 saturated carbocycles. The molecule has 1 aromatic rings. The highest BCUT2D eigenvalue weighted by atomic mass is 16.6. The van der Waals surface area contributed by atoms with E-state index in [1.165, 1.54) is 0 Å². The number of nitrogens with zero attached hydrogens (tertiary/aromatic N) is 2. The van der Waals surface area contributed by atoms with Crippen LogP contribution in [-0.4, -0.2) is 67.2 Å². The van der Waals surface area contributed by atoms with E-state index in [0.717, 1.165) is 6.42 Å². The Hall–Kier alpha value is -2.44. The number of nitrogens with one attached hydrogen (secondary N) is 1. The molecule has 0 aliphatic carbocycles. The number of fused-ring (bicyclic) bond motifs is 1. The zero-order valence-electron chi connectivity index (χ0n) is 13.9. The minimum absolute atomic E-state index is 0.0601. The third-order valence-corrected chi connectivity index (χ3v) is 4.19. The SMILES string of the molecule is CCCNC(=O)N1CCN(C(=O)C2COc3ccccc3O2)CC1. The fraction of sp³-hybridized carbons (Fsp3) is 0.529. The molecule has 1 fully saturated rings. The molecule has 1 saturated heterocycles. The van der Waals surface area contributed by atoms with E-state index in [1.54, 1.807) is 15.9 Å². The molecule has 3 amide bonds. The molecule has 0 spiro atoms. The van der Waals surface area contributed by atoms with Crippen LogP contribution in [0.4, 0.5) is 4.79 Å². The zero-order valence-corrected chi connectivity index (χ0v) is 13.9. The molecule has 7 nitrogen and oxygen atoms in total. The van der Waals surface area contributed by atoms with Crippen molar-refractivity contribution in [2.24, 2.45) is 0 Å². The van der Waals surface area contributed by atoms with Gasteiger partial charge in [-0.1, -0.05) is 19.1 Å². The molecule has 1 aromatic carbocycles. The van der Waals surface area contributed by atoms with Gasteiger partial charge in [-0.15, -0.1) is 0 Å². The van der Waals surface area contributed by atoms with Crippen LogP contribution < -0.4 is 14.8 Å². The average molecular weight is 333 g/mol. The number of hydrogen-bond donors (Lipinski definition) is 1. The van der Waals surface area contributed by atoms with Crippen LogP contribution in [0.2, 0.25) is 0 Å². The van der Waals surface area contributed by atoms with E-state index in [4.69, 9.17) is 9.47 Å². The molecule has 2 aliphatic rings. The molecule has 0 radical (unpaired) electrons. The average Bonchev–Trinajstić information content (AvgIpc) is 2.65. The lowest BCUT2D eigenvalue weighted by Crippen LogP contribution is -2.56. The summed E-state index contributed by atoms with van der Waals surface area (Å²) in [6.07, 6.45) is 0.283. The first kappa shape index (κ1) is 16.4. The van der Waals surface area contributed by atoms with Gasteiger partial charge in [-0.05, 0) is 18.6 Å². The molecule has 130 valence electrons. The monoisotopic (exact) mass is 333 g/mol. The molecule has 7 heteroatoms. The van der Waals surface area contributed by atoms with E-state index in [1.807, 2.05) is 25.1 Å². The molecule has 1 unspecified atom stereocenters. The van der Waals surface area contributed by atoms with Gasteiger partial charge in [0, 0.05) is 32.7 Å². The molecule has 2 heterocycles. The van der Waals surface area contributed by atoms with Gasteiger partial charge in [0.25, 0.3) is 5.91 Å². The van der Waals surface area contributed by atoms with Gasteiger partial charge in [-0.3, -0.25) is 4.79 Å². The summed E-state index contributed by atoms with van der Waals surface area (Å²) in [6, 6.07) is 7.28. The van der Waals surface area contributed by atoms with E-state index in [9.17, 15) is 9.59 Å². The first-order valence-electron chi connectivity index (χ1n) is 8.39. The van der Waals surface area contributed by atoms with E-state index < -0.39 is 6.10 Å². The van der Waals surface area contributed by atoms with Crippen molar-refractivity contribution in [2.75, 3.05) is 39.3 Å². The molecule has 3 rings (SSSR count). The maximum absolute atomic E-state index is 12.6. The van der Waals surface area contributed by atoms with E-state index >= 15 is 0 Å².